The Kier molecular flexibility index (Phi) is 6.68. The Morgan fingerprint density at radius 1 is 1.27 bits per heavy atom. The molecule has 1 amide bonds. The van der Waals surface area contributed by atoms with E-state index < -0.39 is 23.7 Å². The molecule has 0 aliphatic carbocycles. The van der Waals surface area contributed by atoms with Crippen LogP contribution in [0, 0.1) is 0 Å². The lowest BCUT2D eigenvalue weighted by Gasteiger charge is -2.22. The number of ether oxygens (including phenoxy) is 2. The zero-order chi connectivity index (χ0) is 16.8. The van der Waals surface area contributed by atoms with Crippen molar-refractivity contribution in [2.75, 3.05) is 7.11 Å². The highest BCUT2D eigenvalue weighted by Crippen LogP contribution is 2.17. The van der Waals surface area contributed by atoms with Gasteiger partial charge in [-0.05, 0) is 45.2 Å². The van der Waals surface area contributed by atoms with Crippen LogP contribution in [0.4, 0.5) is 4.79 Å². The van der Waals surface area contributed by atoms with Gasteiger partial charge < -0.3 is 14.8 Å². The Bertz CT molecular complexity index is 525. The molecule has 0 saturated heterocycles. The summed E-state index contributed by atoms with van der Waals surface area (Å²) in [5.74, 6) is -0.516. The minimum Gasteiger partial charge on any atom is -0.467 e. The molecule has 1 aromatic carbocycles. The maximum Gasteiger partial charge on any atom is 0.408 e. The van der Waals surface area contributed by atoms with Gasteiger partial charge in [-0.2, -0.15) is 0 Å². The zero-order valence-electron chi connectivity index (χ0n) is 13.3. The second kappa shape index (κ2) is 8.03. The first-order valence-corrected chi connectivity index (χ1v) is 7.41. The summed E-state index contributed by atoms with van der Waals surface area (Å²) >= 11 is 6.09. The average molecular weight is 328 g/mol. The van der Waals surface area contributed by atoms with Gasteiger partial charge in [-0.3, -0.25) is 0 Å². The number of carbonyl (C=O) groups is 2. The average Bonchev–Trinajstić information content (AvgIpc) is 2.42. The van der Waals surface area contributed by atoms with Crippen LogP contribution in [-0.2, 0) is 20.7 Å². The lowest BCUT2D eigenvalue weighted by atomic mass is 10.1. The van der Waals surface area contributed by atoms with Crippen molar-refractivity contribution in [3.8, 4) is 0 Å². The number of methoxy groups -OCH3 is 1. The first-order valence-electron chi connectivity index (χ1n) is 7.03. The summed E-state index contributed by atoms with van der Waals surface area (Å²) in [7, 11) is 1.28. The molecule has 0 bridgehead atoms. The summed E-state index contributed by atoms with van der Waals surface area (Å²) < 4.78 is 9.87. The largest absolute Gasteiger partial charge is 0.467 e. The van der Waals surface area contributed by atoms with Crippen LogP contribution in [0.5, 0.6) is 0 Å². The van der Waals surface area contributed by atoms with Crippen LogP contribution in [0.2, 0.25) is 5.02 Å². The fourth-order valence-electron chi connectivity index (χ4n) is 1.84. The highest BCUT2D eigenvalue weighted by molar-refractivity contribution is 6.31. The van der Waals surface area contributed by atoms with E-state index >= 15 is 0 Å². The molecule has 1 N–H and O–H groups in total. The van der Waals surface area contributed by atoms with E-state index in [4.69, 9.17) is 21.1 Å². The molecule has 0 aliphatic heterocycles. The Morgan fingerprint density at radius 2 is 1.91 bits per heavy atom. The SMILES string of the molecule is COC(=O)C(CCc1ccccc1Cl)NC(=O)OC(C)(C)C. The third kappa shape index (κ3) is 6.35. The second-order valence-corrected chi connectivity index (χ2v) is 6.26. The van der Waals surface area contributed by atoms with Gasteiger partial charge in [-0.25, -0.2) is 9.59 Å². The van der Waals surface area contributed by atoms with E-state index in [0.29, 0.717) is 17.9 Å². The van der Waals surface area contributed by atoms with Gasteiger partial charge in [-0.1, -0.05) is 29.8 Å². The number of esters is 1. The maximum absolute atomic E-state index is 11.8. The lowest BCUT2D eigenvalue weighted by molar-refractivity contribution is -0.143. The highest BCUT2D eigenvalue weighted by Gasteiger charge is 2.24. The van der Waals surface area contributed by atoms with Crippen LogP contribution in [0.3, 0.4) is 0 Å². The van der Waals surface area contributed by atoms with Crippen LogP contribution in [-0.4, -0.2) is 30.8 Å². The topological polar surface area (TPSA) is 64.6 Å². The monoisotopic (exact) mass is 327 g/mol. The molecule has 122 valence electrons. The van der Waals surface area contributed by atoms with Gasteiger partial charge in [0, 0.05) is 5.02 Å². The van der Waals surface area contributed by atoms with Crippen LogP contribution >= 0.6 is 11.6 Å². The van der Waals surface area contributed by atoms with Crippen molar-refractivity contribution >= 4 is 23.7 Å². The molecule has 6 heteroatoms. The van der Waals surface area contributed by atoms with Crippen molar-refractivity contribution in [2.24, 2.45) is 0 Å². The molecule has 1 atom stereocenters. The minimum atomic E-state index is -0.781. The predicted octanol–water partition coefficient (Wildman–Crippen LogP) is 3.34. The van der Waals surface area contributed by atoms with Crippen molar-refractivity contribution in [1.29, 1.82) is 0 Å². The van der Waals surface area contributed by atoms with Gasteiger partial charge >= 0.3 is 12.1 Å². The van der Waals surface area contributed by atoms with E-state index in [-0.39, 0.29) is 0 Å². The third-order valence-corrected chi connectivity index (χ3v) is 3.21. The van der Waals surface area contributed by atoms with Gasteiger partial charge in [0.25, 0.3) is 0 Å². The van der Waals surface area contributed by atoms with Crippen molar-refractivity contribution in [3.63, 3.8) is 0 Å². The molecule has 1 rings (SSSR count). The Morgan fingerprint density at radius 3 is 2.45 bits per heavy atom. The number of nitrogens with one attached hydrogen (secondary N) is 1. The number of carbonyl (C=O) groups excluding carboxylic acids is 2. The van der Waals surface area contributed by atoms with Crippen molar-refractivity contribution in [1.82, 2.24) is 5.32 Å². The molecule has 0 radical (unpaired) electrons. The number of rotatable bonds is 5. The van der Waals surface area contributed by atoms with Crippen molar-refractivity contribution < 1.29 is 19.1 Å². The number of hydrogen-bond acceptors (Lipinski definition) is 4. The molecule has 0 aliphatic rings. The number of amides is 1. The molecule has 5 nitrogen and oxygen atoms in total. The summed E-state index contributed by atoms with van der Waals surface area (Å²) in [5, 5.41) is 3.16. The number of halogens is 1. The van der Waals surface area contributed by atoms with Gasteiger partial charge in [0.05, 0.1) is 7.11 Å². The van der Waals surface area contributed by atoms with Crippen molar-refractivity contribution in [3.05, 3.63) is 34.9 Å². The second-order valence-electron chi connectivity index (χ2n) is 5.85. The minimum absolute atomic E-state index is 0.371. The van der Waals surface area contributed by atoms with Gasteiger partial charge in [0.1, 0.15) is 11.6 Å². The Balaban J connectivity index is 2.67. The zero-order valence-corrected chi connectivity index (χ0v) is 14.1. The standard InChI is InChI=1S/C16H22ClNO4/c1-16(2,3)22-15(20)18-13(14(19)21-4)10-9-11-7-5-6-8-12(11)17/h5-8,13H,9-10H2,1-4H3,(H,18,20). The van der Waals surface area contributed by atoms with Gasteiger partial charge in [0.15, 0.2) is 0 Å². The van der Waals surface area contributed by atoms with E-state index in [1.807, 2.05) is 18.2 Å². The molecule has 22 heavy (non-hydrogen) atoms. The molecule has 0 fully saturated rings. The molecular weight excluding hydrogens is 306 g/mol. The summed E-state index contributed by atoms with van der Waals surface area (Å²) in [5.41, 5.74) is 0.275. The maximum atomic E-state index is 11.8. The number of alkyl carbamates (subject to hydrolysis) is 1. The normalized spacial score (nSPS) is 12.4. The highest BCUT2D eigenvalue weighted by atomic mass is 35.5. The quantitative estimate of drug-likeness (QED) is 0.842. The van der Waals surface area contributed by atoms with E-state index in [2.05, 4.69) is 5.32 Å². The molecule has 0 spiro atoms. The molecule has 1 aromatic rings. The number of hydrogen-bond donors (Lipinski definition) is 1. The Labute approximate surface area is 135 Å². The predicted molar refractivity (Wildman–Crippen MR) is 84.9 cm³/mol. The third-order valence-electron chi connectivity index (χ3n) is 2.84. The van der Waals surface area contributed by atoms with Gasteiger partial charge in [-0.15, -0.1) is 0 Å². The van der Waals surface area contributed by atoms with E-state index in [9.17, 15) is 9.59 Å². The summed E-state index contributed by atoms with van der Waals surface area (Å²) in [6.07, 6.45) is 0.257. The summed E-state index contributed by atoms with van der Waals surface area (Å²) in [4.78, 5) is 23.6. The molecular formula is C16H22ClNO4. The first kappa shape index (κ1) is 18.3. The molecule has 0 heterocycles. The number of benzene rings is 1. The molecule has 0 aromatic heterocycles. The molecule has 0 saturated carbocycles. The van der Waals surface area contributed by atoms with Crippen LogP contribution in [0.25, 0.3) is 0 Å². The van der Waals surface area contributed by atoms with Crippen LogP contribution < -0.4 is 5.32 Å². The Hall–Kier alpha value is -1.75. The summed E-state index contributed by atoms with van der Waals surface area (Å²) in [6.45, 7) is 5.26. The van der Waals surface area contributed by atoms with Crippen LogP contribution in [0.1, 0.15) is 32.8 Å². The van der Waals surface area contributed by atoms with Crippen LogP contribution in [0.15, 0.2) is 24.3 Å². The van der Waals surface area contributed by atoms with Gasteiger partial charge in [0.2, 0.25) is 0 Å². The summed E-state index contributed by atoms with van der Waals surface area (Å²) in [6, 6.07) is 6.59. The fourth-order valence-corrected chi connectivity index (χ4v) is 2.07. The van der Waals surface area contributed by atoms with E-state index in [1.165, 1.54) is 7.11 Å². The van der Waals surface area contributed by atoms with Crippen molar-refractivity contribution in [2.45, 2.75) is 45.3 Å². The number of aryl methyl sites for hydroxylation is 1. The first-order chi connectivity index (χ1) is 10.2. The molecule has 1 unspecified atom stereocenters. The smallest absolute Gasteiger partial charge is 0.408 e. The lowest BCUT2D eigenvalue weighted by Crippen LogP contribution is -2.44. The van der Waals surface area contributed by atoms with E-state index in [0.717, 1.165) is 5.56 Å². The van der Waals surface area contributed by atoms with E-state index in [1.54, 1.807) is 26.8 Å². The fraction of sp³-hybridized carbons (Fsp3) is 0.500.